The fourth-order valence-corrected chi connectivity index (χ4v) is 2.64. The van der Waals surface area contributed by atoms with Gasteiger partial charge in [-0.05, 0) is 26.2 Å². The van der Waals surface area contributed by atoms with Crippen molar-refractivity contribution in [3.05, 3.63) is 28.8 Å². The van der Waals surface area contributed by atoms with Crippen LogP contribution in [0.1, 0.15) is 5.56 Å². The number of thioether (sulfide) groups is 1. The second kappa shape index (κ2) is 6.26. The summed E-state index contributed by atoms with van der Waals surface area (Å²) in [6.45, 7) is 1.08. The molecule has 0 radical (unpaired) electrons. The van der Waals surface area contributed by atoms with E-state index in [-0.39, 0.29) is 0 Å². The van der Waals surface area contributed by atoms with Crippen molar-refractivity contribution in [2.24, 2.45) is 0 Å². The standard InChI is InChI=1S/C11H17ClN2S/c1-14(2)6-7-15-8-9-10(12)4-3-5-11(9)13/h3-5H,6-8,13H2,1-2H3. The Morgan fingerprint density at radius 3 is 2.73 bits per heavy atom. The summed E-state index contributed by atoms with van der Waals surface area (Å²) in [5.41, 5.74) is 7.71. The molecule has 0 heterocycles. The zero-order chi connectivity index (χ0) is 11.3. The van der Waals surface area contributed by atoms with Gasteiger partial charge in [0, 0.05) is 34.3 Å². The number of halogens is 1. The normalized spacial score (nSPS) is 10.9. The van der Waals surface area contributed by atoms with E-state index in [1.165, 1.54) is 0 Å². The molecule has 0 atom stereocenters. The highest BCUT2D eigenvalue weighted by atomic mass is 35.5. The van der Waals surface area contributed by atoms with Crippen LogP contribution < -0.4 is 5.73 Å². The molecule has 4 heteroatoms. The predicted octanol–water partition coefficient (Wildman–Crippen LogP) is 2.72. The highest BCUT2D eigenvalue weighted by Crippen LogP contribution is 2.26. The van der Waals surface area contributed by atoms with Gasteiger partial charge in [-0.25, -0.2) is 0 Å². The molecule has 1 rings (SSSR count). The summed E-state index contributed by atoms with van der Waals surface area (Å²) in [6.07, 6.45) is 0. The first-order chi connectivity index (χ1) is 7.11. The van der Waals surface area contributed by atoms with E-state index in [0.29, 0.717) is 0 Å². The van der Waals surface area contributed by atoms with Gasteiger partial charge in [-0.2, -0.15) is 11.8 Å². The molecule has 0 aliphatic rings. The van der Waals surface area contributed by atoms with Crippen LogP contribution in [0.15, 0.2) is 18.2 Å². The van der Waals surface area contributed by atoms with Crippen LogP contribution in [0.5, 0.6) is 0 Å². The van der Waals surface area contributed by atoms with Crippen molar-refractivity contribution in [3.8, 4) is 0 Å². The first-order valence-electron chi connectivity index (χ1n) is 4.86. The maximum atomic E-state index is 6.07. The van der Waals surface area contributed by atoms with Crippen molar-refractivity contribution in [2.75, 3.05) is 32.1 Å². The monoisotopic (exact) mass is 244 g/mol. The van der Waals surface area contributed by atoms with Crippen LogP contribution in [0.3, 0.4) is 0 Å². The quantitative estimate of drug-likeness (QED) is 0.638. The molecule has 0 aromatic heterocycles. The Kier molecular flexibility index (Phi) is 5.29. The molecule has 2 nitrogen and oxygen atoms in total. The molecule has 0 aliphatic heterocycles. The minimum absolute atomic E-state index is 0.771. The third-order valence-corrected chi connectivity index (χ3v) is 3.40. The number of rotatable bonds is 5. The molecule has 1 aromatic rings. The molecular formula is C11H17ClN2S. The van der Waals surface area contributed by atoms with Gasteiger partial charge in [0.15, 0.2) is 0 Å². The number of nitrogens with zero attached hydrogens (tertiary/aromatic N) is 1. The molecule has 84 valence electrons. The number of anilines is 1. The van der Waals surface area contributed by atoms with E-state index in [1.54, 1.807) is 0 Å². The molecule has 2 N–H and O–H groups in total. The molecule has 0 amide bonds. The Balaban J connectivity index is 2.43. The molecule has 0 saturated heterocycles. The van der Waals surface area contributed by atoms with Crippen molar-refractivity contribution in [3.63, 3.8) is 0 Å². The van der Waals surface area contributed by atoms with Crippen LogP contribution in [0, 0.1) is 0 Å². The summed E-state index contributed by atoms with van der Waals surface area (Å²) < 4.78 is 0. The molecule has 0 bridgehead atoms. The lowest BCUT2D eigenvalue weighted by Gasteiger charge is -2.10. The van der Waals surface area contributed by atoms with Gasteiger partial charge >= 0.3 is 0 Å². The predicted molar refractivity (Wildman–Crippen MR) is 70.6 cm³/mol. The Labute approximate surface area is 101 Å². The number of nitrogen functional groups attached to an aromatic ring is 1. The van der Waals surface area contributed by atoms with Crippen molar-refractivity contribution >= 4 is 29.1 Å². The summed E-state index contributed by atoms with van der Waals surface area (Å²) in [5, 5.41) is 0.771. The summed E-state index contributed by atoms with van der Waals surface area (Å²) in [4.78, 5) is 2.17. The second-order valence-electron chi connectivity index (χ2n) is 3.66. The van der Waals surface area contributed by atoms with E-state index in [0.717, 1.165) is 34.3 Å². The van der Waals surface area contributed by atoms with E-state index in [9.17, 15) is 0 Å². The van der Waals surface area contributed by atoms with Gasteiger partial charge < -0.3 is 10.6 Å². The molecule has 15 heavy (non-hydrogen) atoms. The highest BCUT2D eigenvalue weighted by Gasteiger charge is 2.04. The summed E-state index contributed by atoms with van der Waals surface area (Å²) in [7, 11) is 4.15. The lowest BCUT2D eigenvalue weighted by molar-refractivity contribution is 0.437. The third-order valence-electron chi connectivity index (χ3n) is 2.08. The van der Waals surface area contributed by atoms with Crippen LogP contribution in [0.4, 0.5) is 5.69 Å². The Morgan fingerprint density at radius 2 is 2.13 bits per heavy atom. The Bertz CT molecular complexity index is 295. The summed E-state index contributed by atoms with van der Waals surface area (Å²) >= 11 is 7.92. The number of hydrogen-bond donors (Lipinski definition) is 1. The van der Waals surface area contributed by atoms with Gasteiger partial charge in [0.1, 0.15) is 0 Å². The van der Waals surface area contributed by atoms with Gasteiger partial charge in [-0.15, -0.1) is 0 Å². The van der Waals surface area contributed by atoms with Crippen molar-refractivity contribution in [1.29, 1.82) is 0 Å². The van der Waals surface area contributed by atoms with E-state index in [4.69, 9.17) is 17.3 Å². The fourth-order valence-electron chi connectivity index (χ4n) is 1.15. The first kappa shape index (κ1) is 12.7. The fraction of sp³-hybridized carbons (Fsp3) is 0.455. The Hall–Kier alpha value is -0.380. The van der Waals surface area contributed by atoms with Gasteiger partial charge in [0.25, 0.3) is 0 Å². The largest absolute Gasteiger partial charge is 0.398 e. The van der Waals surface area contributed by atoms with E-state index < -0.39 is 0 Å². The van der Waals surface area contributed by atoms with Gasteiger partial charge in [-0.3, -0.25) is 0 Å². The topological polar surface area (TPSA) is 29.3 Å². The molecule has 0 saturated carbocycles. The highest BCUT2D eigenvalue weighted by molar-refractivity contribution is 7.98. The van der Waals surface area contributed by atoms with E-state index >= 15 is 0 Å². The maximum absolute atomic E-state index is 6.07. The molecule has 0 aliphatic carbocycles. The van der Waals surface area contributed by atoms with Crippen LogP contribution in [-0.4, -0.2) is 31.3 Å². The number of nitrogens with two attached hydrogens (primary N) is 1. The average molecular weight is 245 g/mol. The van der Waals surface area contributed by atoms with E-state index in [1.807, 2.05) is 30.0 Å². The first-order valence-corrected chi connectivity index (χ1v) is 6.40. The summed E-state index contributed by atoms with van der Waals surface area (Å²) in [5.74, 6) is 1.98. The third kappa shape index (κ3) is 4.33. The molecule has 0 spiro atoms. The number of benzene rings is 1. The zero-order valence-electron chi connectivity index (χ0n) is 9.16. The molecule has 1 aromatic carbocycles. The van der Waals surface area contributed by atoms with Crippen LogP contribution in [0.25, 0.3) is 0 Å². The Morgan fingerprint density at radius 1 is 1.40 bits per heavy atom. The van der Waals surface area contributed by atoms with Gasteiger partial charge in [0.05, 0.1) is 0 Å². The SMILES string of the molecule is CN(C)CCSCc1c(N)cccc1Cl. The van der Waals surface area contributed by atoms with E-state index in [2.05, 4.69) is 19.0 Å². The second-order valence-corrected chi connectivity index (χ2v) is 5.18. The van der Waals surface area contributed by atoms with Crippen molar-refractivity contribution in [1.82, 2.24) is 4.90 Å². The van der Waals surface area contributed by atoms with Gasteiger partial charge in [-0.1, -0.05) is 17.7 Å². The summed E-state index contributed by atoms with van der Waals surface area (Å²) in [6, 6.07) is 5.67. The molecule has 0 unspecified atom stereocenters. The lowest BCUT2D eigenvalue weighted by atomic mass is 10.2. The number of hydrogen-bond acceptors (Lipinski definition) is 3. The molecule has 0 fully saturated rings. The average Bonchev–Trinajstić information content (AvgIpc) is 2.15. The zero-order valence-corrected chi connectivity index (χ0v) is 10.7. The maximum Gasteiger partial charge on any atom is 0.0466 e. The minimum atomic E-state index is 0.771. The van der Waals surface area contributed by atoms with Crippen LogP contribution >= 0.6 is 23.4 Å². The molecular weight excluding hydrogens is 228 g/mol. The van der Waals surface area contributed by atoms with Crippen LogP contribution in [0.2, 0.25) is 5.02 Å². The smallest absolute Gasteiger partial charge is 0.0466 e. The van der Waals surface area contributed by atoms with Gasteiger partial charge in [0.2, 0.25) is 0 Å². The lowest BCUT2D eigenvalue weighted by Crippen LogP contribution is -2.14. The van der Waals surface area contributed by atoms with Crippen LogP contribution in [-0.2, 0) is 5.75 Å². The minimum Gasteiger partial charge on any atom is -0.398 e. The van der Waals surface area contributed by atoms with Crippen molar-refractivity contribution < 1.29 is 0 Å². The van der Waals surface area contributed by atoms with Crippen molar-refractivity contribution in [2.45, 2.75) is 5.75 Å².